The van der Waals surface area contributed by atoms with Crippen molar-refractivity contribution in [3.05, 3.63) is 42.2 Å². The van der Waals surface area contributed by atoms with Gasteiger partial charge in [-0.1, -0.05) is 0 Å². The third kappa shape index (κ3) is 3.45. The quantitative estimate of drug-likeness (QED) is 0.737. The number of hydrogen-bond donors (Lipinski definition) is 3. The van der Waals surface area contributed by atoms with E-state index >= 15 is 0 Å². The molecule has 1 aliphatic rings. The van der Waals surface area contributed by atoms with Crippen molar-refractivity contribution in [2.24, 2.45) is 23.5 Å². The van der Waals surface area contributed by atoms with Gasteiger partial charge in [0.2, 0.25) is 0 Å². The van der Waals surface area contributed by atoms with Crippen LogP contribution in [0.3, 0.4) is 0 Å². The van der Waals surface area contributed by atoms with Gasteiger partial charge in [-0.2, -0.15) is 5.10 Å². The molecule has 132 valence electrons. The maximum absolute atomic E-state index is 13.0. The Balaban J connectivity index is 2.08. The zero-order chi connectivity index (χ0) is 18.0. The molecule has 3 heterocycles. The zero-order valence-corrected chi connectivity index (χ0v) is 14.0. The fourth-order valence-electron chi connectivity index (χ4n) is 2.47. The topological polar surface area (TPSA) is 116 Å². The molecule has 0 saturated heterocycles. The number of pyridine rings is 1. The number of aliphatic imine (C=N–C) groups is 1. The van der Waals surface area contributed by atoms with Crippen molar-refractivity contribution in [1.29, 1.82) is 0 Å². The highest BCUT2D eigenvalue weighted by Gasteiger charge is 2.32. The van der Waals surface area contributed by atoms with Gasteiger partial charge in [-0.15, -0.1) is 0 Å². The van der Waals surface area contributed by atoms with Gasteiger partial charge in [-0.25, -0.2) is 9.38 Å². The molecule has 0 aliphatic carbocycles. The Morgan fingerprint density at radius 3 is 2.84 bits per heavy atom. The molecule has 2 aromatic rings. The standard InChI is InChI=1S/C16H20FN7O/c1-10(5-17)25-13-3-11(12-7-23-24(2)8-12)6-20-15(13)16(19)4-14(18)21-9-22-16/h3-4,6-10H,5,18-19H2,1-2H3,(H,21,22). The zero-order valence-electron chi connectivity index (χ0n) is 14.0. The molecule has 2 unspecified atom stereocenters. The van der Waals surface area contributed by atoms with Gasteiger partial charge in [0, 0.05) is 36.6 Å². The van der Waals surface area contributed by atoms with E-state index in [1.54, 1.807) is 30.1 Å². The Bertz CT molecular complexity index is 832. The maximum Gasteiger partial charge on any atom is 0.179 e. The predicted molar refractivity (Wildman–Crippen MR) is 92.3 cm³/mol. The summed E-state index contributed by atoms with van der Waals surface area (Å²) in [4.78, 5) is 8.65. The average molecular weight is 345 g/mol. The number of ether oxygens (including phenoxy) is 1. The van der Waals surface area contributed by atoms with Gasteiger partial charge in [0.05, 0.1) is 12.5 Å². The van der Waals surface area contributed by atoms with E-state index in [0.29, 0.717) is 17.3 Å². The number of hydrogen-bond acceptors (Lipinski definition) is 7. The molecule has 9 heteroatoms. The van der Waals surface area contributed by atoms with Crippen LogP contribution in [0.15, 0.2) is 41.5 Å². The molecule has 2 aromatic heterocycles. The summed E-state index contributed by atoms with van der Waals surface area (Å²) in [6.45, 7) is 0.983. The second-order valence-corrected chi connectivity index (χ2v) is 5.88. The number of nitrogens with two attached hydrogens (primary N) is 2. The molecule has 8 nitrogen and oxygen atoms in total. The summed E-state index contributed by atoms with van der Waals surface area (Å²) in [5.41, 5.74) is 12.8. The van der Waals surface area contributed by atoms with Gasteiger partial charge in [0.15, 0.2) is 5.66 Å². The number of nitrogens with zero attached hydrogens (tertiary/aromatic N) is 4. The van der Waals surface area contributed by atoms with E-state index in [-0.39, 0.29) is 0 Å². The second-order valence-electron chi connectivity index (χ2n) is 5.88. The molecular formula is C16H20FN7O. The molecule has 0 spiro atoms. The molecule has 0 saturated carbocycles. The molecule has 0 radical (unpaired) electrons. The normalized spacial score (nSPS) is 20.7. The first-order valence-corrected chi connectivity index (χ1v) is 7.71. The summed E-state index contributed by atoms with van der Waals surface area (Å²) in [6.07, 6.45) is 7.48. The van der Waals surface area contributed by atoms with Crippen LogP contribution in [0, 0.1) is 0 Å². The minimum Gasteiger partial charge on any atom is -0.486 e. The Morgan fingerprint density at radius 1 is 1.40 bits per heavy atom. The van der Waals surface area contributed by atoms with Crippen molar-refractivity contribution < 1.29 is 9.13 Å². The van der Waals surface area contributed by atoms with Crippen molar-refractivity contribution in [3.8, 4) is 16.9 Å². The van der Waals surface area contributed by atoms with Crippen LogP contribution in [-0.4, -0.2) is 33.9 Å². The van der Waals surface area contributed by atoms with Crippen LogP contribution in [0.1, 0.15) is 12.6 Å². The van der Waals surface area contributed by atoms with Crippen LogP contribution in [0.4, 0.5) is 4.39 Å². The van der Waals surface area contributed by atoms with Gasteiger partial charge in [-0.3, -0.25) is 15.4 Å². The highest BCUT2D eigenvalue weighted by atomic mass is 19.1. The number of rotatable bonds is 5. The minimum atomic E-state index is -1.30. The minimum absolute atomic E-state index is 0.345. The lowest BCUT2D eigenvalue weighted by Crippen LogP contribution is -2.40. The number of aryl methyl sites for hydroxylation is 1. The summed E-state index contributed by atoms with van der Waals surface area (Å²) in [5.74, 6) is 0.692. The van der Waals surface area contributed by atoms with Crippen LogP contribution in [0.5, 0.6) is 5.75 Å². The highest BCUT2D eigenvalue weighted by molar-refractivity contribution is 5.65. The van der Waals surface area contributed by atoms with Crippen molar-refractivity contribution in [2.45, 2.75) is 18.7 Å². The van der Waals surface area contributed by atoms with Crippen LogP contribution in [-0.2, 0) is 12.7 Å². The molecule has 25 heavy (non-hydrogen) atoms. The molecular weight excluding hydrogens is 325 g/mol. The van der Waals surface area contributed by atoms with E-state index in [9.17, 15) is 4.39 Å². The van der Waals surface area contributed by atoms with Crippen LogP contribution >= 0.6 is 0 Å². The third-order valence-electron chi connectivity index (χ3n) is 3.70. The van der Waals surface area contributed by atoms with Crippen molar-refractivity contribution in [3.63, 3.8) is 0 Å². The van der Waals surface area contributed by atoms with E-state index in [4.69, 9.17) is 16.2 Å². The first kappa shape index (κ1) is 16.9. The lowest BCUT2D eigenvalue weighted by atomic mass is 10.0. The van der Waals surface area contributed by atoms with Crippen molar-refractivity contribution >= 4 is 6.34 Å². The van der Waals surface area contributed by atoms with Gasteiger partial charge in [0.25, 0.3) is 0 Å². The van der Waals surface area contributed by atoms with E-state index in [1.807, 2.05) is 13.2 Å². The van der Waals surface area contributed by atoms with E-state index < -0.39 is 18.4 Å². The monoisotopic (exact) mass is 345 g/mol. The van der Waals surface area contributed by atoms with Crippen molar-refractivity contribution in [2.75, 3.05) is 6.67 Å². The van der Waals surface area contributed by atoms with Crippen molar-refractivity contribution in [1.82, 2.24) is 20.1 Å². The first-order valence-electron chi connectivity index (χ1n) is 7.71. The highest BCUT2D eigenvalue weighted by Crippen LogP contribution is 2.33. The van der Waals surface area contributed by atoms with E-state index in [0.717, 1.165) is 11.1 Å². The molecule has 0 aromatic carbocycles. The van der Waals surface area contributed by atoms with Gasteiger partial charge in [0.1, 0.15) is 30.0 Å². The van der Waals surface area contributed by atoms with Crippen LogP contribution in [0.25, 0.3) is 11.1 Å². The maximum atomic E-state index is 13.0. The number of halogens is 1. The number of aromatic nitrogens is 3. The SMILES string of the molecule is CC(CF)Oc1cc(-c2cnn(C)c2)cnc1C1(N)C=C(N)NC=N1. The van der Waals surface area contributed by atoms with Gasteiger partial charge >= 0.3 is 0 Å². The van der Waals surface area contributed by atoms with E-state index in [1.165, 1.54) is 12.4 Å². The Kier molecular flexibility index (Phi) is 4.41. The lowest BCUT2D eigenvalue weighted by molar-refractivity contribution is 0.177. The number of nitrogens with one attached hydrogen (secondary N) is 1. The fourth-order valence-corrected chi connectivity index (χ4v) is 2.47. The lowest BCUT2D eigenvalue weighted by Gasteiger charge is -2.27. The summed E-state index contributed by atoms with van der Waals surface area (Å²) < 4.78 is 20.4. The third-order valence-corrected chi connectivity index (χ3v) is 3.70. The van der Waals surface area contributed by atoms with Crippen LogP contribution < -0.4 is 21.5 Å². The van der Waals surface area contributed by atoms with Crippen LogP contribution in [0.2, 0.25) is 0 Å². The fraction of sp³-hybridized carbons (Fsp3) is 0.312. The second kappa shape index (κ2) is 6.52. The summed E-state index contributed by atoms with van der Waals surface area (Å²) in [7, 11) is 1.82. The molecule has 2 atom stereocenters. The smallest absolute Gasteiger partial charge is 0.179 e. The Morgan fingerprint density at radius 2 is 2.20 bits per heavy atom. The Hall–Kier alpha value is -2.94. The number of alkyl halides is 1. The molecule has 0 amide bonds. The molecule has 5 N–H and O–H groups in total. The molecule has 3 rings (SSSR count). The van der Waals surface area contributed by atoms with Gasteiger partial charge in [-0.05, 0) is 13.0 Å². The summed E-state index contributed by atoms with van der Waals surface area (Å²) >= 11 is 0. The average Bonchev–Trinajstić information content (AvgIpc) is 3.01. The first-order chi connectivity index (χ1) is 11.9. The predicted octanol–water partition coefficient (Wildman–Crippen LogP) is 0.762. The summed E-state index contributed by atoms with van der Waals surface area (Å²) in [5, 5.41) is 6.89. The van der Waals surface area contributed by atoms with Gasteiger partial charge < -0.3 is 15.8 Å². The summed E-state index contributed by atoms with van der Waals surface area (Å²) in [6, 6.07) is 1.75. The molecule has 0 fully saturated rings. The molecule has 1 aliphatic heterocycles. The molecule has 0 bridgehead atoms. The van der Waals surface area contributed by atoms with E-state index in [2.05, 4.69) is 20.4 Å². The largest absolute Gasteiger partial charge is 0.486 e. The Labute approximate surface area is 144 Å².